The molecule has 0 bridgehead atoms. The lowest BCUT2D eigenvalue weighted by atomic mass is 9.91. The molecule has 2 fully saturated rings. The molecule has 312 valence electrons. The zero-order valence-corrected chi connectivity index (χ0v) is 34.8. The van der Waals surface area contributed by atoms with E-state index in [4.69, 9.17) is 19.5 Å². The largest absolute Gasteiger partial charge is 0.453 e. The van der Waals surface area contributed by atoms with Crippen LogP contribution in [0.5, 0.6) is 0 Å². The van der Waals surface area contributed by atoms with Gasteiger partial charge in [0.25, 0.3) is 5.91 Å². The number of aromatic amines is 1. The van der Waals surface area contributed by atoms with Crippen LogP contribution in [0.25, 0.3) is 28.0 Å². The first kappa shape index (κ1) is 41.2. The average molecular weight is 807 g/mol. The van der Waals surface area contributed by atoms with Crippen molar-refractivity contribution < 1.29 is 33.4 Å². The molecule has 0 radical (unpaired) electrons. The normalized spacial score (nSPS) is 19.8. The summed E-state index contributed by atoms with van der Waals surface area (Å²) in [7, 11) is 4.37. The lowest BCUT2D eigenvalue weighted by Crippen LogP contribution is -2.53. The molecule has 0 saturated carbocycles. The third-order valence-corrected chi connectivity index (χ3v) is 12.0. The number of fused-ring (bicyclic) bond motifs is 3. The van der Waals surface area contributed by atoms with Gasteiger partial charge in [0.05, 0.1) is 38.2 Å². The number of allylic oxidation sites excluding steroid dienone is 1. The molecule has 4 atom stereocenters. The van der Waals surface area contributed by atoms with Gasteiger partial charge in [-0.25, -0.2) is 14.6 Å². The fourth-order valence-corrected chi connectivity index (χ4v) is 8.77. The molecule has 3 aromatic rings. The summed E-state index contributed by atoms with van der Waals surface area (Å²) in [6.07, 6.45) is 6.09. The second-order valence-electron chi connectivity index (χ2n) is 16.5. The maximum atomic E-state index is 14.0. The minimum Gasteiger partial charge on any atom is -0.453 e. The number of aliphatic imine (C=N–C) groups is 1. The predicted octanol–water partition coefficient (Wildman–Crippen LogP) is 5.93. The van der Waals surface area contributed by atoms with Crippen molar-refractivity contribution in [3.63, 3.8) is 0 Å². The molecule has 3 N–H and O–H groups in total. The fourth-order valence-electron chi connectivity index (χ4n) is 8.77. The summed E-state index contributed by atoms with van der Waals surface area (Å²) < 4.78 is 9.55. The number of benzene rings is 2. The highest BCUT2D eigenvalue weighted by molar-refractivity contribution is 6.06. The number of aromatic nitrogens is 2. The van der Waals surface area contributed by atoms with Crippen LogP contribution in [0.3, 0.4) is 0 Å². The van der Waals surface area contributed by atoms with Crippen molar-refractivity contribution in [1.82, 2.24) is 35.3 Å². The molecule has 0 aliphatic carbocycles. The summed E-state index contributed by atoms with van der Waals surface area (Å²) in [5.74, 6) is 0.0370. The number of nitrogens with one attached hydrogen (secondary N) is 3. The number of imidazole rings is 1. The quantitative estimate of drug-likeness (QED) is 0.226. The van der Waals surface area contributed by atoms with Crippen molar-refractivity contribution in [3.8, 4) is 22.4 Å². The molecule has 4 aliphatic heterocycles. The lowest BCUT2D eigenvalue weighted by Gasteiger charge is -2.31. The van der Waals surface area contributed by atoms with E-state index in [0.717, 1.165) is 70.5 Å². The molecular formula is C44H54N8O7. The van der Waals surface area contributed by atoms with Gasteiger partial charge in [-0.15, -0.1) is 0 Å². The number of hydrogen-bond donors (Lipinski definition) is 3. The van der Waals surface area contributed by atoms with E-state index in [9.17, 15) is 24.0 Å². The Labute approximate surface area is 344 Å². The number of alkyl carbamates (subject to hydrolysis) is 2. The lowest BCUT2D eigenvalue weighted by molar-refractivity contribution is -0.135. The van der Waals surface area contributed by atoms with E-state index in [1.54, 1.807) is 23.0 Å². The van der Waals surface area contributed by atoms with E-state index in [2.05, 4.69) is 27.8 Å². The number of hydrogen-bond acceptors (Lipinski definition) is 9. The number of amides is 5. The molecule has 0 spiro atoms. The summed E-state index contributed by atoms with van der Waals surface area (Å²) in [6, 6.07) is 10.3. The van der Waals surface area contributed by atoms with E-state index < -0.39 is 24.3 Å². The highest BCUT2D eigenvalue weighted by atomic mass is 16.5. The fraction of sp³-hybridized carbons (Fsp3) is 0.477. The summed E-state index contributed by atoms with van der Waals surface area (Å²) >= 11 is 0. The van der Waals surface area contributed by atoms with Crippen LogP contribution in [0.2, 0.25) is 0 Å². The third kappa shape index (κ3) is 8.19. The molecule has 0 unspecified atom stereocenters. The Morgan fingerprint density at radius 3 is 2.02 bits per heavy atom. The molecule has 2 aromatic carbocycles. The van der Waals surface area contributed by atoms with E-state index in [1.165, 1.54) is 14.2 Å². The highest BCUT2D eigenvalue weighted by Crippen LogP contribution is 2.39. The van der Waals surface area contributed by atoms with Gasteiger partial charge in [0, 0.05) is 50.6 Å². The zero-order valence-electron chi connectivity index (χ0n) is 34.8. The monoisotopic (exact) mass is 806 g/mol. The van der Waals surface area contributed by atoms with Crippen LogP contribution in [0, 0.1) is 11.8 Å². The van der Waals surface area contributed by atoms with Crippen LogP contribution < -0.4 is 10.6 Å². The summed E-state index contributed by atoms with van der Waals surface area (Å²) in [5.41, 5.74) is 7.89. The van der Waals surface area contributed by atoms with Gasteiger partial charge in [-0.1, -0.05) is 52.0 Å². The highest BCUT2D eigenvalue weighted by Gasteiger charge is 2.40. The van der Waals surface area contributed by atoms with Gasteiger partial charge in [-0.3, -0.25) is 19.4 Å². The van der Waals surface area contributed by atoms with Crippen LogP contribution in [-0.4, -0.2) is 113 Å². The molecule has 5 amide bonds. The van der Waals surface area contributed by atoms with Crippen molar-refractivity contribution in [1.29, 1.82) is 0 Å². The minimum absolute atomic E-state index is 0.0825. The van der Waals surface area contributed by atoms with Gasteiger partial charge in [-0.05, 0) is 83.0 Å². The Morgan fingerprint density at radius 1 is 0.797 bits per heavy atom. The third-order valence-electron chi connectivity index (χ3n) is 12.0. The Kier molecular flexibility index (Phi) is 11.9. The second kappa shape index (κ2) is 17.1. The van der Waals surface area contributed by atoms with Crippen molar-refractivity contribution >= 4 is 41.2 Å². The smallest absolute Gasteiger partial charge is 0.407 e. The van der Waals surface area contributed by atoms with Crippen LogP contribution in [0.1, 0.15) is 93.2 Å². The number of ether oxygens (including phenoxy) is 2. The first-order valence-corrected chi connectivity index (χ1v) is 20.4. The Morgan fingerprint density at radius 2 is 1.39 bits per heavy atom. The van der Waals surface area contributed by atoms with Crippen molar-refractivity contribution in [2.45, 2.75) is 90.5 Å². The number of H-pyrrole nitrogens is 1. The van der Waals surface area contributed by atoms with Gasteiger partial charge in [0.1, 0.15) is 17.9 Å². The molecule has 15 nitrogen and oxygen atoms in total. The molecule has 15 heteroatoms. The Balaban J connectivity index is 1.08. The zero-order chi connectivity index (χ0) is 42.1. The molecule has 1 aromatic heterocycles. The number of methoxy groups -OCH3 is 2. The topological polar surface area (TPSA) is 179 Å². The van der Waals surface area contributed by atoms with E-state index in [-0.39, 0.29) is 41.6 Å². The Bertz CT molecular complexity index is 2210. The maximum Gasteiger partial charge on any atom is 0.407 e. The van der Waals surface area contributed by atoms with E-state index >= 15 is 0 Å². The van der Waals surface area contributed by atoms with Gasteiger partial charge in [0.2, 0.25) is 11.8 Å². The molecule has 7 rings (SSSR count). The molecule has 4 aliphatic rings. The van der Waals surface area contributed by atoms with Gasteiger partial charge in [-0.2, -0.15) is 0 Å². The summed E-state index contributed by atoms with van der Waals surface area (Å²) in [6.45, 7) is 9.13. The number of likely N-dealkylation sites (tertiary alicyclic amines) is 2. The number of carbonyl (C=O) groups is 5. The van der Waals surface area contributed by atoms with Crippen molar-refractivity contribution in [2.75, 3.05) is 34.4 Å². The van der Waals surface area contributed by atoms with Gasteiger partial charge < -0.3 is 39.8 Å². The van der Waals surface area contributed by atoms with Gasteiger partial charge >= 0.3 is 12.2 Å². The number of carbonyl (C=O) groups excluding carboxylic acids is 5. The van der Waals surface area contributed by atoms with E-state index in [1.807, 2.05) is 63.1 Å². The Hall–Kier alpha value is -5.99. The number of rotatable bonds is 10. The van der Waals surface area contributed by atoms with Crippen LogP contribution in [-0.2, 0) is 25.6 Å². The summed E-state index contributed by atoms with van der Waals surface area (Å²) in [5, 5.41) is 5.40. The van der Waals surface area contributed by atoms with Crippen molar-refractivity contribution in [2.24, 2.45) is 16.8 Å². The molecule has 5 heterocycles. The second-order valence-corrected chi connectivity index (χ2v) is 16.5. The SMILES string of the molecule is COC(=O)N[C@H](C(=O)N1CCC[C@H]1C1=NC=C(c2ccc3c(c2)C(=O)N(C)Cc2cc(-c4cnc([C@@H]5CCCN5C(=O)[C@@H](NC(=O)OC)C(C)C)[nH]4)ccc2-3)C1)C(C)C. The molecule has 2 saturated heterocycles. The molecule has 59 heavy (non-hydrogen) atoms. The molecular weight excluding hydrogens is 753 g/mol. The number of nitrogens with zero attached hydrogens (tertiary/aromatic N) is 5. The summed E-state index contributed by atoms with van der Waals surface area (Å²) in [4.78, 5) is 83.7. The first-order chi connectivity index (χ1) is 28.3. The predicted molar refractivity (Wildman–Crippen MR) is 222 cm³/mol. The van der Waals surface area contributed by atoms with Crippen LogP contribution in [0.15, 0.2) is 53.8 Å². The first-order valence-electron chi connectivity index (χ1n) is 20.4. The van der Waals surface area contributed by atoms with Crippen molar-refractivity contribution in [3.05, 3.63) is 71.3 Å². The minimum atomic E-state index is -0.719. The van der Waals surface area contributed by atoms with Crippen LogP contribution >= 0.6 is 0 Å². The standard InChI is InChI=1S/C44H54N8O7/c1-24(2)37(48-43(56)58-6)41(54)51-16-8-10-35(51)33-20-28(21-45-33)26-12-15-31-30-14-13-27(18-29(30)23-50(5)40(53)32(31)19-26)34-22-46-39(47-34)36-11-9-17-52(36)42(55)38(25(3)4)49-44(57)59-7/h12-15,18-19,21-22,24-25,35-38H,8-11,16-17,20,23H2,1-7H3,(H,46,47)(H,48,56)(H,49,57)/t35-,36-,37-,38-/m0/s1. The van der Waals surface area contributed by atoms with Gasteiger partial charge in [0.15, 0.2) is 0 Å². The van der Waals surface area contributed by atoms with Crippen LogP contribution in [0.4, 0.5) is 9.59 Å². The average Bonchev–Trinajstić information content (AvgIpc) is 4.07. The maximum absolute atomic E-state index is 14.0. The van der Waals surface area contributed by atoms with E-state index in [0.29, 0.717) is 37.4 Å².